The van der Waals surface area contributed by atoms with Crippen molar-refractivity contribution < 1.29 is 23.8 Å². The minimum Gasteiger partial charge on any atom is -0.497 e. The highest BCUT2D eigenvalue weighted by atomic mass is 16.6. The van der Waals surface area contributed by atoms with Gasteiger partial charge in [-0.15, -0.1) is 0 Å². The fourth-order valence-corrected chi connectivity index (χ4v) is 3.34. The Bertz CT molecular complexity index is 1090. The number of amides is 1. The standard InChI is InChI=1S/C28H31NO5/c1-28(2,3)34-26(30)25(29-27(31)33-19-21-9-6-5-7-10-21)17-20-13-15-22(16-14-20)23-11-8-12-24(18-23)32-4/h5-16,18,25H,17,19H2,1-4H3,(H,29,31)/t25-/m0/s1. The van der Waals surface area contributed by atoms with Crippen molar-refractivity contribution in [3.8, 4) is 16.9 Å². The molecule has 0 saturated heterocycles. The SMILES string of the molecule is COc1cccc(-c2ccc(C[C@H](NC(=O)OCc3ccccc3)C(=O)OC(C)(C)C)cc2)c1. The molecule has 0 spiro atoms. The van der Waals surface area contributed by atoms with Gasteiger partial charge in [0.15, 0.2) is 0 Å². The Balaban J connectivity index is 1.70. The molecule has 3 rings (SSSR count). The first-order valence-corrected chi connectivity index (χ1v) is 11.2. The molecule has 0 bridgehead atoms. The number of esters is 1. The third kappa shape index (κ3) is 7.66. The smallest absolute Gasteiger partial charge is 0.408 e. The highest BCUT2D eigenvalue weighted by Gasteiger charge is 2.27. The van der Waals surface area contributed by atoms with Crippen LogP contribution in [0.5, 0.6) is 5.75 Å². The second-order valence-corrected chi connectivity index (χ2v) is 8.93. The fourth-order valence-electron chi connectivity index (χ4n) is 3.34. The van der Waals surface area contributed by atoms with Crippen LogP contribution in [0.15, 0.2) is 78.9 Å². The molecule has 3 aromatic carbocycles. The van der Waals surface area contributed by atoms with Gasteiger partial charge in [0.2, 0.25) is 0 Å². The first kappa shape index (κ1) is 24.8. The maximum atomic E-state index is 12.8. The van der Waals surface area contributed by atoms with Crippen molar-refractivity contribution in [1.82, 2.24) is 5.32 Å². The molecule has 0 aromatic heterocycles. The number of alkyl carbamates (subject to hydrolysis) is 1. The van der Waals surface area contributed by atoms with E-state index in [1.165, 1.54) is 0 Å². The third-order valence-electron chi connectivity index (χ3n) is 4.99. The van der Waals surface area contributed by atoms with Gasteiger partial charge in [0.05, 0.1) is 7.11 Å². The zero-order valence-electron chi connectivity index (χ0n) is 20.0. The fraction of sp³-hybridized carbons (Fsp3) is 0.286. The highest BCUT2D eigenvalue weighted by molar-refractivity contribution is 5.82. The summed E-state index contributed by atoms with van der Waals surface area (Å²) in [7, 11) is 1.64. The van der Waals surface area contributed by atoms with E-state index >= 15 is 0 Å². The summed E-state index contributed by atoms with van der Waals surface area (Å²) in [6.07, 6.45) is -0.402. The summed E-state index contributed by atoms with van der Waals surface area (Å²) < 4.78 is 16.1. The summed E-state index contributed by atoms with van der Waals surface area (Å²) in [6.45, 7) is 5.48. The molecule has 178 valence electrons. The van der Waals surface area contributed by atoms with Crippen molar-refractivity contribution in [2.24, 2.45) is 0 Å². The largest absolute Gasteiger partial charge is 0.497 e. The Morgan fingerprint density at radius 1 is 0.853 bits per heavy atom. The van der Waals surface area contributed by atoms with Gasteiger partial charge in [-0.25, -0.2) is 9.59 Å². The molecule has 0 aliphatic rings. The van der Waals surface area contributed by atoms with Gasteiger partial charge < -0.3 is 19.5 Å². The molecule has 0 fully saturated rings. The first-order valence-electron chi connectivity index (χ1n) is 11.2. The van der Waals surface area contributed by atoms with Gasteiger partial charge in [-0.1, -0.05) is 66.7 Å². The molecule has 3 aromatic rings. The van der Waals surface area contributed by atoms with E-state index < -0.39 is 23.7 Å². The summed E-state index contributed by atoms with van der Waals surface area (Å²) >= 11 is 0. The average molecular weight is 462 g/mol. The summed E-state index contributed by atoms with van der Waals surface area (Å²) in [6, 6.07) is 24.1. The van der Waals surface area contributed by atoms with Crippen molar-refractivity contribution in [3.05, 3.63) is 90.0 Å². The quantitative estimate of drug-likeness (QED) is 0.446. The number of carbonyl (C=O) groups is 2. The van der Waals surface area contributed by atoms with Crippen LogP contribution in [-0.2, 0) is 27.3 Å². The summed E-state index contributed by atoms with van der Waals surface area (Å²) in [5.74, 6) is 0.269. The Hall–Kier alpha value is -3.80. The zero-order chi connectivity index (χ0) is 24.6. The molecule has 0 unspecified atom stereocenters. The predicted octanol–water partition coefficient (Wildman–Crippen LogP) is 5.54. The Morgan fingerprint density at radius 3 is 2.21 bits per heavy atom. The van der Waals surface area contributed by atoms with E-state index in [1.54, 1.807) is 27.9 Å². The number of methoxy groups -OCH3 is 1. The number of hydrogen-bond acceptors (Lipinski definition) is 5. The molecule has 0 heterocycles. The van der Waals surface area contributed by atoms with Crippen molar-refractivity contribution in [1.29, 1.82) is 0 Å². The predicted molar refractivity (Wildman–Crippen MR) is 132 cm³/mol. The zero-order valence-corrected chi connectivity index (χ0v) is 20.0. The van der Waals surface area contributed by atoms with Crippen molar-refractivity contribution in [3.63, 3.8) is 0 Å². The summed E-state index contributed by atoms with van der Waals surface area (Å²) in [5.41, 5.74) is 3.11. The van der Waals surface area contributed by atoms with Crippen LogP contribution >= 0.6 is 0 Å². The van der Waals surface area contributed by atoms with E-state index in [-0.39, 0.29) is 13.0 Å². The molecule has 6 heteroatoms. The number of ether oxygens (including phenoxy) is 3. The molecule has 1 amide bonds. The highest BCUT2D eigenvalue weighted by Crippen LogP contribution is 2.24. The third-order valence-corrected chi connectivity index (χ3v) is 4.99. The topological polar surface area (TPSA) is 73.9 Å². The summed E-state index contributed by atoms with van der Waals surface area (Å²) in [4.78, 5) is 25.3. The van der Waals surface area contributed by atoms with E-state index in [4.69, 9.17) is 14.2 Å². The number of benzene rings is 3. The van der Waals surface area contributed by atoms with E-state index in [0.717, 1.165) is 28.0 Å². The monoisotopic (exact) mass is 461 g/mol. The van der Waals surface area contributed by atoms with Crippen LogP contribution in [0.3, 0.4) is 0 Å². The van der Waals surface area contributed by atoms with Gasteiger partial charge in [0.25, 0.3) is 0 Å². The molecule has 34 heavy (non-hydrogen) atoms. The normalized spacial score (nSPS) is 11.9. The molecule has 1 N–H and O–H groups in total. The second-order valence-electron chi connectivity index (χ2n) is 8.93. The maximum Gasteiger partial charge on any atom is 0.408 e. The van der Waals surface area contributed by atoms with E-state index in [0.29, 0.717) is 0 Å². The number of nitrogens with one attached hydrogen (secondary N) is 1. The van der Waals surface area contributed by atoms with Gasteiger partial charge in [-0.3, -0.25) is 0 Å². The molecule has 6 nitrogen and oxygen atoms in total. The van der Waals surface area contributed by atoms with Gasteiger partial charge in [0, 0.05) is 6.42 Å². The molecule has 1 atom stereocenters. The lowest BCUT2D eigenvalue weighted by Gasteiger charge is -2.24. The number of hydrogen-bond donors (Lipinski definition) is 1. The van der Waals surface area contributed by atoms with Crippen molar-refractivity contribution in [2.75, 3.05) is 7.11 Å². The lowest BCUT2D eigenvalue weighted by Crippen LogP contribution is -2.45. The van der Waals surface area contributed by atoms with Crippen LogP contribution in [0.2, 0.25) is 0 Å². The second kappa shape index (κ2) is 11.4. The van der Waals surface area contributed by atoms with Crippen molar-refractivity contribution >= 4 is 12.1 Å². The lowest BCUT2D eigenvalue weighted by atomic mass is 10.0. The molecule has 0 aliphatic heterocycles. The Labute approximate surface area is 200 Å². The van der Waals surface area contributed by atoms with Gasteiger partial charge in [-0.2, -0.15) is 0 Å². The first-order chi connectivity index (χ1) is 16.2. The van der Waals surface area contributed by atoms with Crippen molar-refractivity contribution in [2.45, 2.75) is 45.4 Å². The van der Waals surface area contributed by atoms with Crippen LogP contribution in [-0.4, -0.2) is 30.8 Å². The molecule has 0 saturated carbocycles. The molecule has 0 radical (unpaired) electrons. The molecular weight excluding hydrogens is 430 g/mol. The lowest BCUT2D eigenvalue weighted by molar-refractivity contribution is -0.157. The van der Waals surface area contributed by atoms with Gasteiger partial charge >= 0.3 is 12.1 Å². The van der Waals surface area contributed by atoms with Gasteiger partial charge in [-0.05, 0) is 55.2 Å². The number of carbonyl (C=O) groups excluding carboxylic acids is 2. The molecule has 0 aliphatic carbocycles. The van der Waals surface area contributed by atoms with Crippen LogP contribution < -0.4 is 10.1 Å². The summed E-state index contributed by atoms with van der Waals surface area (Å²) in [5, 5.41) is 2.67. The van der Waals surface area contributed by atoms with Crippen LogP contribution in [0.25, 0.3) is 11.1 Å². The van der Waals surface area contributed by atoms with Gasteiger partial charge in [0.1, 0.15) is 24.0 Å². The Kier molecular flexibility index (Phi) is 8.30. The average Bonchev–Trinajstić information content (AvgIpc) is 2.82. The van der Waals surface area contributed by atoms with Crippen LogP contribution in [0, 0.1) is 0 Å². The van der Waals surface area contributed by atoms with Crippen LogP contribution in [0.4, 0.5) is 4.79 Å². The number of rotatable bonds is 8. The maximum absolute atomic E-state index is 12.8. The van der Waals surface area contributed by atoms with E-state index in [9.17, 15) is 9.59 Å². The minimum atomic E-state index is -0.884. The van der Waals surface area contributed by atoms with E-state index in [2.05, 4.69) is 5.32 Å². The van der Waals surface area contributed by atoms with Crippen LogP contribution in [0.1, 0.15) is 31.9 Å². The Morgan fingerprint density at radius 2 is 1.56 bits per heavy atom. The van der Waals surface area contributed by atoms with E-state index in [1.807, 2.05) is 78.9 Å². The minimum absolute atomic E-state index is 0.114. The molecular formula is C28H31NO5.